The highest BCUT2D eigenvalue weighted by atomic mass is 16.2. The van der Waals surface area contributed by atoms with Gasteiger partial charge in [0.2, 0.25) is 5.91 Å². The number of para-hydroxylation sites is 1. The number of carbonyl (C=O) groups excluding carboxylic acids is 1. The first kappa shape index (κ1) is 23.6. The third kappa shape index (κ3) is 4.02. The van der Waals surface area contributed by atoms with Gasteiger partial charge >= 0.3 is 0 Å². The quantitative estimate of drug-likeness (QED) is 0.271. The molecule has 4 aromatic carbocycles. The van der Waals surface area contributed by atoms with Crippen LogP contribution in [0, 0.1) is 6.92 Å². The smallest absolute Gasteiger partial charge is 0.249 e. The zero-order valence-corrected chi connectivity index (χ0v) is 21.2. The summed E-state index contributed by atoms with van der Waals surface area (Å²) in [5, 5.41) is 0. The third-order valence-corrected chi connectivity index (χ3v) is 7.22. The van der Waals surface area contributed by atoms with Crippen LogP contribution in [0.25, 0.3) is 0 Å². The molecular formula is C33H28N4O. The molecular weight excluding hydrogens is 468 g/mol. The zero-order valence-electron chi connectivity index (χ0n) is 21.2. The van der Waals surface area contributed by atoms with Gasteiger partial charge in [-0.1, -0.05) is 109 Å². The molecule has 0 unspecified atom stereocenters. The van der Waals surface area contributed by atoms with Crippen molar-refractivity contribution >= 4 is 17.8 Å². The fourth-order valence-corrected chi connectivity index (χ4v) is 5.53. The van der Waals surface area contributed by atoms with Gasteiger partial charge in [0.1, 0.15) is 12.1 Å². The molecule has 1 amide bonds. The van der Waals surface area contributed by atoms with Crippen LogP contribution >= 0.6 is 0 Å². The van der Waals surface area contributed by atoms with Crippen LogP contribution in [0.2, 0.25) is 0 Å². The summed E-state index contributed by atoms with van der Waals surface area (Å²) >= 11 is 0. The van der Waals surface area contributed by atoms with Crippen LogP contribution in [0.4, 0.5) is 5.69 Å². The molecule has 5 aromatic rings. The lowest BCUT2D eigenvalue weighted by Crippen LogP contribution is -2.37. The van der Waals surface area contributed by atoms with Crippen molar-refractivity contribution in [3.63, 3.8) is 0 Å². The molecule has 0 N–H and O–H groups in total. The number of amides is 1. The molecule has 6 rings (SSSR count). The molecule has 0 saturated heterocycles. The monoisotopic (exact) mass is 496 g/mol. The van der Waals surface area contributed by atoms with Crippen molar-refractivity contribution in [1.82, 2.24) is 9.55 Å². The molecule has 186 valence electrons. The fraction of sp³-hybridized carbons (Fsp3) is 0.121. The Morgan fingerprint density at radius 3 is 1.92 bits per heavy atom. The van der Waals surface area contributed by atoms with Crippen LogP contribution in [0.15, 0.2) is 127 Å². The molecule has 0 atom stereocenters. The second-order valence-electron chi connectivity index (χ2n) is 9.54. The van der Waals surface area contributed by atoms with Gasteiger partial charge in [-0.15, -0.1) is 0 Å². The number of benzene rings is 4. The second-order valence-corrected chi connectivity index (χ2v) is 9.54. The van der Waals surface area contributed by atoms with E-state index < -0.39 is 5.54 Å². The van der Waals surface area contributed by atoms with Gasteiger partial charge in [-0.25, -0.2) is 4.98 Å². The number of fused-ring (bicyclic) bond motifs is 1. The minimum atomic E-state index is -0.644. The fourth-order valence-electron chi connectivity index (χ4n) is 5.53. The first-order chi connectivity index (χ1) is 18.7. The van der Waals surface area contributed by atoms with Gasteiger partial charge in [-0.2, -0.15) is 0 Å². The van der Waals surface area contributed by atoms with E-state index in [-0.39, 0.29) is 12.5 Å². The summed E-state index contributed by atoms with van der Waals surface area (Å²) in [6.07, 6.45) is 5.76. The summed E-state index contributed by atoms with van der Waals surface area (Å²) < 4.78 is 2.18. The average molecular weight is 497 g/mol. The van der Waals surface area contributed by atoms with Gasteiger partial charge in [0, 0.05) is 18.0 Å². The maximum atomic E-state index is 13.2. The van der Waals surface area contributed by atoms with E-state index in [9.17, 15) is 4.79 Å². The summed E-state index contributed by atoms with van der Waals surface area (Å²) in [6.45, 7) is 2.51. The van der Waals surface area contributed by atoms with E-state index in [1.54, 1.807) is 6.21 Å². The molecule has 0 spiro atoms. The Balaban J connectivity index is 1.51. The van der Waals surface area contributed by atoms with Crippen molar-refractivity contribution in [3.8, 4) is 0 Å². The van der Waals surface area contributed by atoms with Gasteiger partial charge < -0.3 is 9.47 Å². The first-order valence-electron chi connectivity index (χ1n) is 12.8. The van der Waals surface area contributed by atoms with Crippen LogP contribution in [0.5, 0.6) is 0 Å². The molecule has 0 bridgehead atoms. The molecule has 1 aromatic heterocycles. The molecule has 1 aliphatic heterocycles. The highest BCUT2D eigenvalue weighted by molar-refractivity contribution is 6.04. The van der Waals surface area contributed by atoms with Gasteiger partial charge in [0.05, 0.1) is 24.3 Å². The van der Waals surface area contributed by atoms with Crippen LogP contribution < -0.4 is 4.90 Å². The first-order valence-corrected chi connectivity index (χ1v) is 12.8. The lowest BCUT2D eigenvalue weighted by atomic mass is 9.77. The lowest BCUT2D eigenvalue weighted by Gasteiger charge is -2.37. The third-order valence-electron chi connectivity index (χ3n) is 7.22. The van der Waals surface area contributed by atoms with Crippen LogP contribution in [-0.2, 0) is 16.9 Å². The van der Waals surface area contributed by atoms with E-state index in [1.807, 2.05) is 54.5 Å². The number of rotatable bonds is 6. The van der Waals surface area contributed by atoms with Gasteiger partial charge in [-0.3, -0.25) is 9.79 Å². The highest BCUT2D eigenvalue weighted by Gasteiger charge is 2.38. The highest BCUT2D eigenvalue weighted by Crippen LogP contribution is 2.41. The maximum Gasteiger partial charge on any atom is 0.249 e. The number of anilines is 1. The predicted molar refractivity (Wildman–Crippen MR) is 152 cm³/mol. The van der Waals surface area contributed by atoms with E-state index in [2.05, 4.69) is 88.6 Å². The largest absolute Gasteiger partial charge is 0.319 e. The van der Waals surface area contributed by atoms with E-state index in [1.165, 1.54) is 0 Å². The van der Waals surface area contributed by atoms with Crippen molar-refractivity contribution in [3.05, 3.63) is 155 Å². The van der Waals surface area contributed by atoms with E-state index in [0.29, 0.717) is 6.54 Å². The van der Waals surface area contributed by atoms with E-state index >= 15 is 0 Å². The Morgan fingerprint density at radius 2 is 1.34 bits per heavy atom. The van der Waals surface area contributed by atoms with Gasteiger partial charge in [-0.05, 0) is 29.2 Å². The Morgan fingerprint density at radius 1 is 0.763 bits per heavy atom. The molecule has 5 heteroatoms. The Labute approximate surface area is 222 Å². The normalized spacial score (nSPS) is 13.3. The number of aryl methyl sites for hydroxylation is 1. The number of imidazole rings is 1. The van der Waals surface area contributed by atoms with E-state index in [4.69, 9.17) is 4.98 Å². The molecule has 2 heterocycles. The number of aliphatic imine (C=N–C) groups is 1. The Kier molecular flexibility index (Phi) is 6.18. The number of nitrogens with zero attached hydrogens (tertiary/aromatic N) is 4. The number of carbonyl (C=O) groups is 1. The van der Waals surface area contributed by atoms with Gasteiger partial charge in [0.25, 0.3) is 0 Å². The standard InChI is InChI=1S/C33H28N4O/c1-25-12-11-13-26-20-34-21-31(38)37(32(25)26)23-30-22-36(24-35-30)33(27-14-5-2-6-15-27,28-16-7-3-8-17-28)29-18-9-4-10-19-29/h2-20,22,24H,21,23H2,1H3. The topological polar surface area (TPSA) is 50.5 Å². The van der Waals surface area contributed by atoms with E-state index in [0.717, 1.165) is 39.2 Å². The van der Waals surface area contributed by atoms with Crippen LogP contribution in [0.1, 0.15) is 33.5 Å². The Bertz CT molecular complexity index is 1490. The molecule has 38 heavy (non-hydrogen) atoms. The SMILES string of the molecule is Cc1cccc2c1N(Cc1cn(C(c3ccccc3)(c3ccccc3)c3ccccc3)cn1)C(=O)CN=C2. The summed E-state index contributed by atoms with van der Waals surface area (Å²) in [4.78, 5) is 24.2. The second kappa shape index (κ2) is 9.94. The van der Waals surface area contributed by atoms with Crippen LogP contribution in [0.3, 0.4) is 0 Å². The van der Waals surface area contributed by atoms with Crippen molar-refractivity contribution in [2.24, 2.45) is 4.99 Å². The average Bonchev–Trinajstić information content (AvgIpc) is 3.36. The summed E-state index contributed by atoms with van der Waals surface area (Å²) in [5.74, 6) is -0.0377. The summed E-state index contributed by atoms with van der Waals surface area (Å²) in [5.41, 5.74) is 6.42. The number of benzodiazepines with no additional fused rings is 1. The maximum absolute atomic E-state index is 13.2. The molecule has 0 radical (unpaired) electrons. The molecule has 0 aliphatic carbocycles. The number of hydrogen-bond acceptors (Lipinski definition) is 3. The zero-order chi connectivity index (χ0) is 26.0. The minimum Gasteiger partial charge on any atom is -0.319 e. The Hall–Kier alpha value is -4.77. The van der Waals surface area contributed by atoms with Gasteiger partial charge in [0.15, 0.2) is 0 Å². The van der Waals surface area contributed by atoms with Crippen molar-refractivity contribution in [1.29, 1.82) is 0 Å². The summed E-state index contributed by atoms with van der Waals surface area (Å²) in [7, 11) is 0. The minimum absolute atomic E-state index is 0.0377. The number of hydrogen-bond donors (Lipinski definition) is 0. The van der Waals surface area contributed by atoms with Crippen molar-refractivity contribution in [2.75, 3.05) is 11.4 Å². The van der Waals surface area contributed by atoms with Crippen LogP contribution in [-0.4, -0.2) is 28.2 Å². The van der Waals surface area contributed by atoms with Crippen molar-refractivity contribution < 1.29 is 4.79 Å². The molecule has 0 fully saturated rings. The van der Waals surface area contributed by atoms with Crippen molar-refractivity contribution in [2.45, 2.75) is 19.0 Å². The molecule has 1 aliphatic rings. The summed E-state index contributed by atoms with van der Waals surface area (Å²) in [6, 6.07) is 37.5. The lowest BCUT2D eigenvalue weighted by molar-refractivity contribution is -0.117. The predicted octanol–water partition coefficient (Wildman–Crippen LogP) is 6.00. The molecule has 5 nitrogen and oxygen atoms in total. The molecule has 0 saturated carbocycles. The number of aromatic nitrogens is 2.